The standard InChI is InChI=1S/C25H19N3O5/c1-33-19-11-13-22(23(15-19)28(31)32)27-25(30)20-12-14-21(26-24(20)29)18-9-7-17(8-10-18)16-5-3-2-4-6-16/h2-15H,1H3,(H,26,29)(H,27,30). The number of pyridine rings is 1. The van der Waals surface area contributed by atoms with Crippen molar-refractivity contribution >= 4 is 17.3 Å². The smallest absolute Gasteiger partial charge is 0.296 e. The number of nitrogens with one attached hydrogen (secondary N) is 2. The zero-order valence-corrected chi connectivity index (χ0v) is 17.6. The second kappa shape index (κ2) is 9.19. The molecule has 0 aliphatic carbocycles. The number of aromatic nitrogens is 1. The van der Waals surface area contributed by atoms with E-state index in [2.05, 4.69) is 10.3 Å². The van der Waals surface area contributed by atoms with E-state index in [-0.39, 0.29) is 22.7 Å². The molecular weight excluding hydrogens is 422 g/mol. The fourth-order valence-electron chi connectivity index (χ4n) is 3.38. The molecule has 0 bridgehead atoms. The van der Waals surface area contributed by atoms with Gasteiger partial charge in [0.15, 0.2) is 0 Å². The number of ether oxygens (including phenoxy) is 1. The number of amides is 1. The molecular formula is C25H19N3O5. The van der Waals surface area contributed by atoms with Crippen LogP contribution < -0.4 is 15.6 Å². The Bertz CT molecular complexity index is 1380. The van der Waals surface area contributed by atoms with Crippen molar-refractivity contribution in [1.82, 2.24) is 4.98 Å². The van der Waals surface area contributed by atoms with Crippen LogP contribution in [0.25, 0.3) is 22.4 Å². The summed E-state index contributed by atoms with van der Waals surface area (Å²) < 4.78 is 4.98. The number of carbonyl (C=O) groups is 1. The number of benzene rings is 3. The number of nitro groups is 1. The molecule has 1 heterocycles. The van der Waals surface area contributed by atoms with E-state index in [4.69, 9.17) is 4.74 Å². The van der Waals surface area contributed by atoms with Gasteiger partial charge in [-0.05, 0) is 41.0 Å². The van der Waals surface area contributed by atoms with Crippen molar-refractivity contribution in [2.45, 2.75) is 0 Å². The predicted octanol–water partition coefficient (Wildman–Crippen LogP) is 4.88. The first-order valence-corrected chi connectivity index (χ1v) is 9.99. The number of rotatable bonds is 6. The number of methoxy groups -OCH3 is 1. The summed E-state index contributed by atoms with van der Waals surface area (Å²) in [4.78, 5) is 38.6. The average molecular weight is 441 g/mol. The van der Waals surface area contributed by atoms with Crippen molar-refractivity contribution in [2.24, 2.45) is 0 Å². The number of hydrogen-bond acceptors (Lipinski definition) is 5. The maximum atomic E-state index is 12.6. The molecule has 8 nitrogen and oxygen atoms in total. The first-order valence-electron chi connectivity index (χ1n) is 9.99. The SMILES string of the molecule is COc1ccc(NC(=O)c2ccc(-c3ccc(-c4ccccc4)cc3)[nH]c2=O)c([N+](=O)[O-])c1. The van der Waals surface area contributed by atoms with Crippen molar-refractivity contribution in [1.29, 1.82) is 0 Å². The second-order valence-electron chi connectivity index (χ2n) is 7.15. The molecule has 3 aromatic carbocycles. The Morgan fingerprint density at radius 1 is 0.909 bits per heavy atom. The first kappa shape index (κ1) is 21.5. The number of aromatic amines is 1. The van der Waals surface area contributed by atoms with Crippen molar-refractivity contribution in [3.8, 4) is 28.1 Å². The fourth-order valence-corrected chi connectivity index (χ4v) is 3.38. The maximum absolute atomic E-state index is 12.6. The van der Waals surface area contributed by atoms with Crippen LogP contribution in [0.4, 0.5) is 11.4 Å². The van der Waals surface area contributed by atoms with Crippen LogP contribution >= 0.6 is 0 Å². The lowest BCUT2D eigenvalue weighted by molar-refractivity contribution is -0.384. The van der Waals surface area contributed by atoms with Crippen LogP contribution in [0.5, 0.6) is 5.75 Å². The van der Waals surface area contributed by atoms with E-state index in [0.29, 0.717) is 5.69 Å². The molecule has 8 heteroatoms. The molecule has 0 spiro atoms. The zero-order valence-electron chi connectivity index (χ0n) is 17.6. The molecule has 1 amide bonds. The van der Waals surface area contributed by atoms with Crippen LogP contribution in [-0.4, -0.2) is 22.9 Å². The monoisotopic (exact) mass is 441 g/mol. The molecule has 0 atom stereocenters. The van der Waals surface area contributed by atoms with Gasteiger partial charge in [0, 0.05) is 5.69 Å². The van der Waals surface area contributed by atoms with Crippen LogP contribution in [0.15, 0.2) is 89.7 Å². The Morgan fingerprint density at radius 2 is 1.58 bits per heavy atom. The second-order valence-corrected chi connectivity index (χ2v) is 7.15. The highest BCUT2D eigenvalue weighted by molar-refractivity contribution is 6.05. The van der Waals surface area contributed by atoms with Crippen LogP contribution in [0.1, 0.15) is 10.4 Å². The molecule has 164 valence electrons. The number of nitrogens with zero attached hydrogens (tertiary/aromatic N) is 1. The van der Waals surface area contributed by atoms with Gasteiger partial charge in [0.25, 0.3) is 17.2 Å². The molecule has 0 aliphatic rings. The normalized spacial score (nSPS) is 10.5. The highest BCUT2D eigenvalue weighted by Gasteiger charge is 2.19. The summed E-state index contributed by atoms with van der Waals surface area (Å²) in [6, 6.07) is 24.6. The third-order valence-electron chi connectivity index (χ3n) is 5.11. The number of anilines is 1. The topological polar surface area (TPSA) is 114 Å². The lowest BCUT2D eigenvalue weighted by Gasteiger charge is -2.08. The third-order valence-corrected chi connectivity index (χ3v) is 5.11. The highest BCUT2D eigenvalue weighted by atomic mass is 16.6. The van der Waals surface area contributed by atoms with E-state index >= 15 is 0 Å². The number of carbonyl (C=O) groups excluding carboxylic acids is 1. The Hall–Kier alpha value is -4.72. The summed E-state index contributed by atoms with van der Waals surface area (Å²) in [5.74, 6) is -0.476. The van der Waals surface area contributed by atoms with Gasteiger partial charge in [0.1, 0.15) is 17.0 Å². The van der Waals surface area contributed by atoms with Crippen LogP contribution in [0.2, 0.25) is 0 Å². The minimum absolute atomic E-state index is 0.0363. The van der Waals surface area contributed by atoms with Crippen molar-refractivity contribution < 1.29 is 14.5 Å². The molecule has 0 aliphatic heterocycles. The lowest BCUT2D eigenvalue weighted by atomic mass is 10.0. The zero-order chi connectivity index (χ0) is 23.4. The molecule has 0 radical (unpaired) electrons. The van der Waals surface area contributed by atoms with E-state index < -0.39 is 16.4 Å². The van der Waals surface area contributed by atoms with Crippen LogP contribution in [0.3, 0.4) is 0 Å². The van der Waals surface area contributed by atoms with Gasteiger partial charge >= 0.3 is 0 Å². The minimum Gasteiger partial charge on any atom is -0.496 e. The van der Waals surface area contributed by atoms with E-state index in [9.17, 15) is 19.7 Å². The Balaban J connectivity index is 1.56. The van der Waals surface area contributed by atoms with Gasteiger partial charge < -0.3 is 15.0 Å². The predicted molar refractivity (Wildman–Crippen MR) is 126 cm³/mol. The van der Waals surface area contributed by atoms with Crippen LogP contribution in [-0.2, 0) is 0 Å². The maximum Gasteiger partial charge on any atom is 0.296 e. The fraction of sp³-hybridized carbons (Fsp3) is 0.0400. The quantitative estimate of drug-likeness (QED) is 0.327. The molecule has 4 aromatic rings. The van der Waals surface area contributed by atoms with Gasteiger partial charge in [-0.2, -0.15) is 0 Å². The van der Waals surface area contributed by atoms with E-state index in [1.54, 1.807) is 6.07 Å². The largest absolute Gasteiger partial charge is 0.496 e. The van der Waals surface area contributed by atoms with E-state index in [1.165, 1.54) is 31.4 Å². The molecule has 1 aromatic heterocycles. The summed E-state index contributed by atoms with van der Waals surface area (Å²) in [6.45, 7) is 0. The molecule has 0 saturated carbocycles. The molecule has 2 N–H and O–H groups in total. The van der Waals surface area contributed by atoms with Gasteiger partial charge in [-0.1, -0.05) is 54.6 Å². The molecule has 0 unspecified atom stereocenters. The summed E-state index contributed by atoms with van der Waals surface area (Å²) in [7, 11) is 1.38. The molecule has 33 heavy (non-hydrogen) atoms. The van der Waals surface area contributed by atoms with Gasteiger partial charge in [0.2, 0.25) is 0 Å². The average Bonchev–Trinajstić information content (AvgIpc) is 2.84. The van der Waals surface area contributed by atoms with Gasteiger partial charge in [0.05, 0.1) is 18.1 Å². The Morgan fingerprint density at radius 3 is 2.21 bits per heavy atom. The first-order chi connectivity index (χ1) is 16.0. The lowest BCUT2D eigenvalue weighted by Crippen LogP contribution is -2.23. The number of nitro benzene ring substituents is 1. The summed E-state index contributed by atoms with van der Waals surface area (Å²) in [5.41, 5.74) is 2.31. The van der Waals surface area contributed by atoms with Crippen molar-refractivity contribution in [3.63, 3.8) is 0 Å². The summed E-state index contributed by atoms with van der Waals surface area (Å²) >= 11 is 0. The van der Waals surface area contributed by atoms with E-state index in [0.717, 1.165) is 16.7 Å². The summed E-state index contributed by atoms with van der Waals surface area (Å²) in [5, 5.41) is 13.8. The van der Waals surface area contributed by atoms with Gasteiger partial charge in [-0.15, -0.1) is 0 Å². The molecule has 4 rings (SSSR count). The minimum atomic E-state index is -0.754. The molecule has 0 saturated heterocycles. The summed E-state index contributed by atoms with van der Waals surface area (Å²) in [6.07, 6.45) is 0. The van der Waals surface area contributed by atoms with Gasteiger partial charge in [-0.25, -0.2) is 0 Å². The van der Waals surface area contributed by atoms with Crippen molar-refractivity contribution in [3.05, 3.63) is 111 Å². The Kier molecular flexibility index (Phi) is 5.99. The molecule has 0 fully saturated rings. The number of H-pyrrole nitrogens is 1. The highest BCUT2D eigenvalue weighted by Crippen LogP contribution is 2.29. The van der Waals surface area contributed by atoms with Crippen LogP contribution in [0, 0.1) is 10.1 Å². The third kappa shape index (κ3) is 4.64. The van der Waals surface area contributed by atoms with Gasteiger partial charge in [-0.3, -0.25) is 19.7 Å². The van der Waals surface area contributed by atoms with Crippen molar-refractivity contribution in [2.75, 3.05) is 12.4 Å². The van der Waals surface area contributed by atoms with E-state index in [1.807, 2.05) is 54.6 Å². The Labute approximate surface area is 188 Å². The number of hydrogen-bond donors (Lipinski definition) is 2.